The lowest BCUT2D eigenvalue weighted by Gasteiger charge is -2.06. The lowest BCUT2D eigenvalue weighted by atomic mass is 10.3. The molecule has 0 fully saturated rings. The van der Waals surface area contributed by atoms with Gasteiger partial charge in [-0.15, -0.1) is 0 Å². The van der Waals surface area contributed by atoms with Gasteiger partial charge in [-0.2, -0.15) is 15.0 Å². The average Bonchev–Trinajstić information content (AvgIpc) is 2.39. The number of thioether (sulfide) groups is 1. The molecule has 0 amide bonds. The number of aromatic nitrogens is 3. The molecule has 0 aliphatic rings. The van der Waals surface area contributed by atoms with Crippen LogP contribution in [0.5, 0.6) is 5.75 Å². The number of benzene rings is 1. The molecule has 1 aromatic carbocycles. The van der Waals surface area contributed by atoms with E-state index < -0.39 is 0 Å². The maximum atomic E-state index is 5.79. The second kappa shape index (κ2) is 7.16. The Morgan fingerprint density at radius 2 is 1.70 bits per heavy atom. The summed E-state index contributed by atoms with van der Waals surface area (Å²) in [5.74, 6) is 1.87. The predicted molar refractivity (Wildman–Crippen MR) is 80.9 cm³/mol. The number of ether oxygens (including phenoxy) is 1. The van der Waals surface area contributed by atoms with E-state index in [4.69, 9.17) is 27.8 Å². The second-order valence-corrected chi connectivity index (χ2v) is 5.34. The SMILES string of the molecule is Nc1nc(N)nc(SCCCOc2ccc(Cl)cc2)n1. The summed E-state index contributed by atoms with van der Waals surface area (Å²) in [6, 6.07) is 7.26. The summed E-state index contributed by atoms with van der Waals surface area (Å²) in [5, 5.41) is 1.22. The van der Waals surface area contributed by atoms with Crippen LogP contribution in [-0.2, 0) is 0 Å². The Hall–Kier alpha value is -1.73. The Morgan fingerprint density at radius 3 is 2.35 bits per heavy atom. The van der Waals surface area contributed by atoms with Gasteiger partial charge in [0.1, 0.15) is 5.75 Å². The third-order valence-corrected chi connectivity index (χ3v) is 3.44. The molecule has 4 N–H and O–H groups in total. The fourth-order valence-corrected chi connectivity index (χ4v) is 2.28. The number of hydrogen-bond donors (Lipinski definition) is 2. The van der Waals surface area contributed by atoms with Crippen LogP contribution in [0.15, 0.2) is 29.4 Å². The number of nitrogen functional groups attached to an aromatic ring is 2. The van der Waals surface area contributed by atoms with Crippen LogP contribution in [0.2, 0.25) is 5.02 Å². The van der Waals surface area contributed by atoms with Crippen molar-refractivity contribution in [1.82, 2.24) is 15.0 Å². The van der Waals surface area contributed by atoms with E-state index >= 15 is 0 Å². The molecule has 0 radical (unpaired) electrons. The van der Waals surface area contributed by atoms with Gasteiger partial charge in [0.2, 0.25) is 11.9 Å². The maximum Gasteiger partial charge on any atom is 0.225 e. The van der Waals surface area contributed by atoms with E-state index in [1.807, 2.05) is 12.1 Å². The van der Waals surface area contributed by atoms with Crippen molar-refractivity contribution in [3.05, 3.63) is 29.3 Å². The van der Waals surface area contributed by atoms with Crippen LogP contribution in [0.3, 0.4) is 0 Å². The number of nitrogens with two attached hydrogens (primary N) is 2. The van der Waals surface area contributed by atoms with E-state index in [2.05, 4.69) is 15.0 Å². The zero-order valence-corrected chi connectivity index (χ0v) is 12.2. The van der Waals surface area contributed by atoms with Crippen molar-refractivity contribution in [3.63, 3.8) is 0 Å². The zero-order valence-electron chi connectivity index (χ0n) is 10.6. The van der Waals surface area contributed by atoms with Crippen molar-refractivity contribution in [1.29, 1.82) is 0 Å². The number of anilines is 2. The van der Waals surface area contributed by atoms with Crippen molar-refractivity contribution < 1.29 is 4.74 Å². The van der Waals surface area contributed by atoms with Gasteiger partial charge in [-0.1, -0.05) is 23.4 Å². The van der Waals surface area contributed by atoms with Gasteiger partial charge in [0.25, 0.3) is 0 Å². The van der Waals surface area contributed by atoms with Gasteiger partial charge in [0.05, 0.1) is 6.61 Å². The molecule has 0 spiro atoms. The van der Waals surface area contributed by atoms with Gasteiger partial charge in [-0.3, -0.25) is 0 Å². The number of rotatable bonds is 6. The molecule has 2 aromatic rings. The quantitative estimate of drug-likeness (QED) is 0.623. The third-order valence-electron chi connectivity index (χ3n) is 2.25. The smallest absolute Gasteiger partial charge is 0.225 e. The minimum Gasteiger partial charge on any atom is -0.494 e. The molecular formula is C12H14ClN5OS. The van der Waals surface area contributed by atoms with Gasteiger partial charge in [0.15, 0.2) is 5.16 Å². The Morgan fingerprint density at radius 1 is 1.05 bits per heavy atom. The van der Waals surface area contributed by atoms with Crippen molar-refractivity contribution in [2.45, 2.75) is 11.6 Å². The Kier molecular flexibility index (Phi) is 5.25. The fourth-order valence-electron chi connectivity index (χ4n) is 1.40. The zero-order chi connectivity index (χ0) is 14.4. The molecule has 0 bridgehead atoms. The van der Waals surface area contributed by atoms with E-state index in [1.54, 1.807) is 12.1 Å². The molecule has 0 saturated carbocycles. The summed E-state index contributed by atoms with van der Waals surface area (Å²) in [7, 11) is 0. The predicted octanol–water partition coefficient (Wildman–Crippen LogP) is 2.25. The molecule has 0 saturated heterocycles. The van der Waals surface area contributed by atoms with E-state index in [0.717, 1.165) is 17.9 Å². The molecule has 0 atom stereocenters. The standard InChI is InChI=1S/C12H14ClN5OS/c13-8-2-4-9(5-3-8)19-6-1-7-20-12-17-10(14)16-11(15)18-12/h2-5H,1,6-7H2,(H4,14,15,16,17,18). The summed E-state index contributed by atoms with van der Waals surface area (Å²) in [6.07, 6.45) is 0.846. The Balaban J connectivity index is 1.70. The lowest BCUT2D eigenvalue weighted by Crippen LogP contribution is -2.04. The van der Waals surface area contributed by atoms with E-state index in [1.165, 1.54) is 11.8 Å². The maximum absolute atomic E-state index is 5.79. The first kappa shape index (κ1) is 14.7. The summed E-state index contributed by atoms with van der Waals surface area (Å²) in [4.78, 5) is 11.7. The monoisotopic (exact) mass is 311 g/mol. The number of halogens is 1. The largest absolute Gasteiger partial charge is 0.494 e. The van der Waals surface area contributed by atoms with Crippen LogP contribution < -0.4 is 16.2 Å². The van der Waals surface area contributed by atoms with Crippen molar-refractivity contribution in [3.8, 4) is 5.75 Å². The summed E-state index contributed by atoms with van der Waals surface area (Å²) >= 11 is 7.25. The van der Waals surface area contributed by atoms with Crippen LogP contribution in [0, 0.1) is 0 Å². The highest BCUT2D eigenvalue weighted by Gasteiger charge is 2.02. The van der Waals surface area contributed by atoms with E-state index in [-0.39, 0.29) is 11.9 Å². The van der Waals surface area contributed by atoms with Gasteiger partial charge >= 0.3 is 0 Å². The molecule has 0 aliphatic carbocycles. The minimum absolute atomic E-state index is 0.136. The molecule has 1 aromatic heterocycles. The van der Waals surface area contributed by atoms with Crippen LogP contribution in [-0.4, -0.2) is 27.3 Å². The van der Waals surface area contributed by atoms with Crippen molar-refractivity contribution in [2.24, 2.45) is 0 Å². The summed E-state index contributed by atoms with van der Waals surface area (Å²) in [6.45, 7) is 0.602. The van der Waals surface area contributed by atoms with Crippen LogP contribution in [0.25, 0.3) is 0 Å². The molecule has 6 nitrogen and oxygen atoms in total. The molecule has 0 aliphatic heterocycles. The molecule has 1 heterocycles. The Bertz CT molecular complexity index is 546. The molecule has 8 heteroatoms. The molecule has 106 valence electrons. The second-order valence-electron chi connectivity index (χ2n) is 3.84. The highest BCUT2D eigenvalue weighted by molar-refractivity contribution is 7.99. The van der Waals surface area contributed by atoms with Crippen molar-refractivity contribution in [2.75, 3.05) is 23.8 Å². The van der Waals surface area contributed by atoms with Crippen LogP contribution in [0.1, 0.15) is 6.42 Å². The molecular weight excluding hydrogens is 298 g/mol. The van der Waals surface area contributed by atoms with Gasteiger partial charge < -0.3 is 16.2 Å². The molecule has 0 unspecified atom stereocenters. The van der Waals surface area contributed by atoms with E-state index in [0.29, 0.717) is 16.8 Å². The first-order valence-electron chi connectivity index (χ1n) is 5.91. The number of nitrogens with zero attached hydrogens (tertiary/aromatic N) is 3. The van der Waals surface area contributed by atoms with Crippen molar-refractivity contribution >= 4 is 35.3 Å². The number of hydrogen-bond acceptors (Lipinski definition) is 7. The minimum atomic E-state index is 0.136. The lowest BCUT2D eigenvalue weighted by molar-refractivity contribution is 0.318. The molecule has 20 heavy (non-hydrogen) atoms. The Labute approximate surface area is 125 Å². The first-order valence-corrected chi connectivity index (χ1v) is 7.28. The summed E-state index contributed by atoms with van der Waals surface area (Å²) in [5.41, 5.74) is 11.0. The van der Waals surface area contributed by atoms with Gasteiger partial charge in [-0.25, -0.2) is 0 Å². The molecule has 2 rings (SSSR count). The van der Waals surface area contributed by atoms with E-state index in [9.17, 15) is 0 Å². The third kappa shape index (κ3) is 4.75. The topological polar surface area (TPSA) is 99.9 Å². The average molecular weight is 312 g/mol. The van der Waals surface area contributed by atoms with Crippen LogP contribution >= 0.6 is 23.4 Å². The summed E-state index contributed by atoms with van der Waals surface area (Å²) < 4.78 is 5.57. The highest BCUT2D eigenvalue weighted by Crippen LogP contribution is 2.17. The fraction of sp³-hybridized carbons (Fsp3) is 0.250. The van der Waals surface area contributed by atoms with Crippen LogP contribution in [0.4, 0.5) is 11.9 Å². The first-order chi connectivity index (χ1) is 9.63. The normalized spacial score (nSPS) is 10.4. The van der Waals surface area contributed by atoms with Gasteiger partial charge in [0, 0.05) is 10.8 Å². The van der Waals surface area contributed by atoms with Gasteiger partial charge in [-0.05, 0) is 30.7 Å². The highest BCUT2D eigenvalue weighted by atomic mass is 35.5.